The molecule has 2 aromatic carbocycles. The Morgan fingerprint density at radius 2 is 1.83 bits per heavy atom. The van der Waals surface area contributed by atoms with Crippen molar-refractivity contribution in [3.05, 3.63) is 48.0 Å². The number of carbonyl (C=O) groups excluding carboxylic acids is 1. The Morgan fingerprint density at radius 3 is 2.42 bits per heavy atom. The van der Waals surface area contributed by atoms with Crippen molar-refractivity contribution in [1.82, 2.24) is 0 Å². The van der Waals surface area contributed by atoms with Gasteiger partial charge in [0.15, 0.2) is 0 Å². The second-order valence-corrected chi connectivity index (χ2v) is 6.23. The molecule has 0 fully saturated rings. The van der Waals surface area contributed by atoms with Gasteiger partial charge in [0.1, 0.15) is 23.9 Å². The Balaban J connectivity index is 2.38. The molecule has 0 heterocycles. The first kappa shape index (κ1) is 18.3. The molecular formula is C20H23ClO3. The molecule has 0 aliphatic rings. The van der Waals surface area contributed by atoms with Gasteiger partial charge >= 0.3 is 0 Å². The minimum atomic E-state index is 0.00961. The smallest absolute Gasteiger partial charge is 0.139 e. The Hall–Kier alpha value is -2.00. The van der Waals surface area contributed by atoms with Crippen molar-refractivity contribution >= 4 is 17.4 Å². The predicted octanol–water partition coefficient (Wildman–Crippen LogP) is 4.75. The number of methoxy groups -OCH3 is 1. The maximum absolute atomic E-state index is 12.2. The molecule has 0 aliphatic carbocycles. The number of halogens is 1. The summed E-state index contributed by atoms with van der Waals surface area (Å²) in [6, 6.07) is 13.6. The zero-order valence-electron chi connectivity index (χ0n) is 14.3. The molecule has 0 aliphatic heterocycles. The number of carbonyl (C=O) groups is 1. The van der Waals surface area contributed by atoms with Crippen molar-refractivity contribution in [1.29, 1.82) is 0 Å². The molecule has 0 aromatic heterocycles. The molecule has 0 unspecified atom stereocenters. The summed E-state index contributed by atoms with van der Waals surface area (Å²) in [6.07, 6.45) is 0.398. The molecule has 4 heteroatoms. The van der Waals surface area contributed by atoms with Gasteiger partial charge < -0.3 is 9.47 Å². The number of benzene rings is 2. The summed E-state index contributed by atoms with van der Waals surface area (Å²) in [5, 5.41) is 0. The molecule has 2 rings (SSSR count). The van der Waals surface area contributed by atoms with Crippen LogP contribution in [0.4, 0.5) is 0 Å². The molecular weight excluding hydrogens is 324 g/mol. The highest BCUT2D eigenvalue weighted by Crippen LogP contribution is 2.35. The fourth-order valence-electron chi connectivity index (χ4n) is 2.49. The molecule has 0 amide bonds. The summed E-state index contributed by atoms with van der Waals surface area (Å²) in [6.45, 7) is 4.32. The van der Waals surface area contributed by atoms with E-state index >= 15 is 0 Å². The van der Waals surface area contributed by atoms with Gasteiger partial charge in [-0.05, 0) is 29.3 Å². The van der Waals surface area contributed by atoms with Gasteiger partial charge in [0.25, 0.3) is 0 Å². The standard InChI is InChI=1S/C20H23ClO3/c1-14(2)18(22)13-16-5-4-6-19(23-3)20(16)15-7-9-17(10-8-15)24-12-11-21/h4-10,14H,11-13H2,1-3H3. The molecule has 0 saturated carbocycles. The van der Waals surface area contributed by atoms with E-state index in [4.69, 9.17) is 21.1 Å². The number of ketones is 1. The maximum Gasteiger partial charge on any atom is 0.139 e. The average molecular weight is 347 g/mol. The second-order valence-electron chi connectivity index (χ2n) is 5.85. The lowest BCUT2D eigenvalue weighted by Gasteiger charge is -2.15. The molecule has 0 bridgehead atoms. The third kappa shape index (κ3) is 4.51. The van der Waals surface area contributed by atoms with Gasteiger partial charge in [0.2, 0.25) is 0 Å². The summed E-state index contributed by atoms with van der Waals surface area (Å²) in [5.41, 5.74) is 2.93. The summed E-state index contributed by atoms with van der Waals surface area (Å²) >= 11 is 5.64. The highest BCUT2D eigenvalue weighted by molar-refractivity contribution is 6.18. The number of hydrogen-bond acceptors (Lipinski definition) is 3. The van der Waals surface area contributed by atoms with Crippen LogP contribution in [-0.2, 0) is 11.2 Å². The monoisotopic (exact) mass is 346 g/mol. The molecule has 0 spiro atoms. The van der Waals surface area contributed by atoms with E-state index in [9.17, 15) is 4.79 Å². The molecule has 24 heavy (non-hydrogen) atoms. The van der Waals surface area contributed by atoms with Crippen LogP contribution in [0, 0.1) is 5.92 Å². The van der Waals surface area contributed by atoms with Gasteiger partial charge in [-0.15, -0.1) is 11.6 Å². The Kier molecular flexibility index (Phi) is 6.68. The van der Waals surface area contributed by atoms with Gasteiger partial charge in [0.05, 0.1) is 13.0 Å². The van der Waals surface area contributed by atoms with Gasteiger partial charge in [0, 0.05) is 17.9 Å². The first-order chi connectivity index (χ1) is 11.6. The van der Waals surface area contributed by atoms with E-state index in [2.05, 4.69) is 0 Å². The summed E-state index contributed by atoms with van der Waals surface area (Å²) in [4.78, 5) is 12.2. The van der Waals surface area contributed by atoms with Gasteiger partial charge in [-0.25, -0.2) is 0 Å². The van der Waals surface area contributed by atoms with Crippen molar-refractivity contribution in [2.75, 3.05) is 19.6 Å². The molecule has 2 aromatic rings. The summed E-state index contributed by atoms with van der Waals surface area (Å²) < 4.78 is 11.0. The molecule has 0 N–H and O–H groups in total. The third-order valence-corrected chi connectivity index (χ3v) is 3.98. The van der Waals surface area contributed by atoms with Crippen molar-refractivity contribution in [2.24, 2.45) is 5.92 Å². The van der Waals surface area contributed by atoms with Crippen molar-refractivity contribution < 1.29 is 14.3 Å². The predicted molar refractivity (Wildman–Crippen MR) is 98.2 cm³/mol. The van der Waals surface area contributed by atoms with Crippen LogP contribution in [0.15, 0.2) is 42.5 Å². The van der Waals surface area contributed by atoms with E-state index in [0.717, 1.165) is 28.2 Å². The number of alkyl halides is 1. The van der Waals surface area contributed by atoms with Crippen LogP contribution < -0.4 is 9.47 Å². The average Bonchev–Trinajstić information content (AvgIpc) is 2.60. The van der Waals surface area contributed by atoms with Gasteiger partial charge in [-0.1, -0.05) is 38.1 Å². The first-order valence-electron chi connectivity index (χ1n) is 8.04. The highest BCUT2D eigenvalue weighted by Gasteiger charge is 2.16. The van der Waals surface area contributed by atoms with Crippen LogP contribution in [0.25, 0.3) is 11.1 Å². The zero-order valence-corrected chi connectivity index (χ0v) is 15.1. The SMILES string of the molecule is COc1cccc(CC(=O)C(C)C)c1-c1ccc(OCCCl)cc1. The van der Waals surface area contributed by atoms with Crippen molar-refractivity contribution in [3.8, 4) is 22.6 Å². The Morgan fingerprint density at radius 1 is 1.12 bits per heavy atom. The van der Waals surface area contributed by atoms with E-state index in [1.165, 1.54) is 0 Å². The molecule has 0 saturated heterocycles. The van der Waals surface area contributed by atoms with E-state index in [1.54, 1.807) is 7.11 Å². The lowest BCUT2D eigenvalue weighted by molar-refractivity contribution is -0.121. The normalized spacial score (nSPS) is 10.7. The van der Waals surface area contributed by atoms with Gasteiger partial charge in [-0.3, -0.25) is 4.79 Å². The van der Waals surface area contributed by atoms with Crippen LogP contribution in [0.2, 0.25) is 0 Å². The fourth-order valence-corrected chi connectivity index (χ4v) is 2.56. The van der Waals surface area contributed by atoms with Crippen LogP contribution in [0.1, 0.15) is 19.4 Å². The fraction of sp³-hybridized carbons (Fsp3) is 0.350. The second kappa shape index (κ2) is 8.74. The minimum absolute atomic E-state index is 0.00961. The number of hydrogen-bond donors (Lipinski definition) is 0. The molecule has 3 nitrogen and oxygen atoms in total. The zero-order chi connectivity index (χ0) is 17.5. The third-order valence-electron chi connectivity index (χ3n) is 3.83. The lowest BCUT2D eigenvalue weighted by Crippen LogP contribution is -2.11. The van der Waals surface area contributed by atoms with Crippen LogP contribution in [-0.4, -0.2) is 25.4 Å². The topological polar surface area (TPSA) is 35.5 Å². The quantitative estimate of drug-likeness (QED) is 0.647. The molecule has 0 atom stereocenters. The molecule has 0 radical (unpaired) electrons. The summed E-state index contributed by atoms with van der Waals surface area (Å²) in [7, 11) is 1.64. The first-order valence-corrected chi connectivity index (χ1v) is 8.58. The summed E-state index contributed by atoms with van der Waals surface area (Å²) in [5.74, 6) is 2.21. The van der Waals surface area contributed by atoms with Gasteiger partial charge in [-0.2, -0.15) is 0 Å². The van der Waals surface area contributed by atoms with E-state index < -0.39 is 0 Å². The van der Waals surface area contributed by atoms with Crippen LogP contribution >= 0.6 is 11.6 Å². The van der Waals surface area contributed by atoms with Crippen LogP contribution in [0.5, 0.6) is 11.5 Å². The highest BCUT2D eigenvalue weighted by atomic mass is 35.5. The number of ether oxygens (including phenoxy) is 2. The van der Waals surface area contributed by atoms with Crippen molar-refractivity contribution in [3.63, 3.8) is 0 Å². The van der Waals surface area contributed by atoms with E-state index in [1.807, 2.05) is 56.3 Å². The van der Waals surface area contributed by atoms with E-state index in [0.29, 0.717) is 18.9 Å². The van der Waals surface area contributed by atoms with E-state index in [-0.39, 0.29) is 11.7 Å². The number of Topliss-reactive ketones (excluding diaryl/α,β-unsaturated/α-hetero) is 1. The lowest BCUT2D eigenvalue weighted by atomic mass is 9.93. The molecule has 128 valence electrons. The Labute approximate surface area is 148 Å². The minimum Gasteiger partial charge on any atom is -0.496 e. The maximum atomic E-state index is 12.2. The van der Waals surface area contributed by atoms with Crippen molar-refractivity contribution in [2.45, 2.75) is 20.3 Å². The largest absolute Gasteiger partial charge is 0.496 e. The Bertz CT molecular complexity index is 678. The van der Waals surface area contributed by atoms with Crippen LogP contribution in [0.3, 0.4) is 0 Å². The number of rotatable bonds is 8.